The van der Waals surface area contributed by atoms with Crippen LogP contribution >= 0.6 is 0 Å². The van der Waals surface area contributed by atoms with Gasteiger partial charge in [-0.2, -0.15) is 0 Å². The number of nitro groups is 1. The minimum atomic E-state index is -0.782. The number of halogens is 1. The number of amides is 1. The number of aliphatic hydroxyl groups is 1. The van der Waals surface area contributed by atoms with Gasteiger partial charge in [0.1, 0.15) is 11.4 Å². The quantitative estimate of drug-likeness (QED) is 0.648. The number of rotatable bonds is 4. The molecule has 2 rings (SSSR count). The van der Waals surface area contributed by atoms with Gasteiger partial charge in [-0.3, -0.25) is 14.9 Å². The molecular weight excluding hydrogens is 267 g/mol. The minimum Gasteiger partial charge on any atom is -0.396 e. The van der Waals surface area contributed by atoms with Crippen LogP contribution in [0.1, 0.15) is 29.6 Å². The van der Waals surface area contributed by atoms with Gasteiger partial charge >= 0.3 is 0 Å². The average molecular weight is 282 g/mol. The van der Waals surface area contributed by atoms with Crippen molar-refractivity contribution in [2.45, 2.75) is 25.3 Å². The first kappa shape index (κ1) is 14.4. The van der Waals surface area contributed by atoms with Crippen LogP contribution in [0.4, 0.5) is 10.1 Å². The Hall–Kier alpha value is -2.02. The standard InChI is InChI=1S/C13H15FN2O4/c14-9-4-5-10(12(6-9)16(19)20)13(18)15-11-3-1-2-8(11)7-17/h4-6,8,11,17H,1-3,7H2,(H,15,18). The van der Waals surface area contributed by atoms with E-state index in [0.717, 1.165) is 37.5 Å². The molecule has 1 saturated carbocycles. The monoisotopic (exact) mass is 282 g/mol. The molecule has 0 saturated heterocycles. The highest BCUT2D eigenvalue weighted by Gasteiger charge is 2.30. The highest BCUT2D eigenvalue weighted by molar-refractivity contribution is 5.98. The van der Waals surface area contributed by atoms with Gasteiger partial charge in [0.2, 0.25) is 0 Å². The Morgan fingerprint density at radius 3 is 2.90 bits per heavy atom. The molecule has 1 aromatic rings. The van der Waals surface area contributed by atoms with Gasteiger partial charge < -0.3 is 10.4 Å². The van der Waals surface area contributed by atoms with Crippen molar-refractivity contribution in [2.24, 2.45) is 5.92 Å². The molecule has 6 nitrogen and oxygen atoms in total. The predicted molar refractivity (Wildman–Crippen MR) is 68.7 cm³/mol. The van der Waals surface area contributed by atoms with Crippen LogP contribution in [0.3, 0.4) is 0 Å². The van der Waals surface area contributed by atoms with Crippen molar-refractivity contribution < 1.29 is 19.2 Å². The second-order valence-corrected chi connectivity index (χ2v) is 4.87. The number of nitrogens with one attached hydrogen (secondary N) is 1. The summed E-state index contributed by atoms with van der Waals surface area (Å²) in [5.74, 6) is -1.40. The van der Waals surface area contributed by atoms with Gasteiger partial charge in [-0.15, -0.1) is 0 Å². The van der Waals surface area contributed by atoms with E-state index < -0.39 is 22.3 Å². The number of hydrogen-bond acceptors (Lipinski definition) is 4. The lowest BCUT2D eigenvalue weighted by Crippen LogP contribution is -2.38. The SMILES string of the molecule is O=C(NC1CCCC1CO)c1ccc(F)cc1[N+](=O)[O-]. The summed E-state index contributed by atoms with van der Waals surface area (Å²) in [7, 11) is 0. The molecule has 0 aliphatic heterocycles. The third-order valence-corrected chi connectivity index (χ3v) is 3.61. The molecular formula is C13H15FN2O4. The summed E-state index contributed by atoms with van der Waals surface area (Å²) in [5.41, 5.74) is -0.721. The van der Waals surface area contributed by atoms with E-state index in [-0.39, 0.29) is 24.1 Å². The van der Waals surface area contributed by atoms with Crippen molar-refractivity contribution in [2.75, 3.05) is 6.61 Å². The van der Waals surface area contributed by atoms with Crippen LogP contribution in [0.25, 0.3) is 0 Å². The molecule has 0 bridgehead atoms. The summed E-state index contributed by atoms with van der Waals surface area (Å²) in [6, 6.07) is 2.65. The predicted octanol–water partition coefficient (Wildman–Crippen LogP) is 1.62. The van der Waals surface area contributed by atoms with E-state index in [1.165, 1.54) is 0 Å². The first-order chi connectivity index (χ1) is 9.52. The van der Waals surface area contributed by atoms with Crippen LogP contribution in [0.5, 0.6) is 0 Å². The Kier molecular flexibility index (Phi) is 4.29. The number of nitro benzene ring substituents is 1. The van der Waals surface area contributed by atoms with Crippen LogP contribution in [0.15, 0.2) is 18.2 Å². The second kappa shape index (κ2) is 5.96. The van der Waals surface area contributed by atoms with Crippen molar-refractivity contribution in [3.8, 4) is 0 Å². The van der Waals surface area contributed by atoms with Crippen molar-refractivity contribution in [3.63, 3.8) is 0 Å². The maximum absolute atomic E-state index is 13.0. The van der Waals surface area contributed by atoms with Gasteiger partial charge in [0.15, 0.2) is 0 Å². The molecule has 0 radical (unpaired) electrons. The first-order valence-electron chi connectivity index (χ1n) is 6.38. The number of hydrogen-bond donors (Lipinski definition) is 2. The molecule has 0 spiro atoms. The molecule has 1 fully saturated rings. The van der Waals surface area contributed by atoms with Crippen molar-refractivity contribution in [3.05, 3.63) is 39.7 Å². The zero-order valence-corrected chi connectivity index (χ0v) is 10.7. The highest BCUT2D eigenvalue weighted by atomic mass is 19.1. The molecule has 1 aromatic carbocycles. The summed E-state index contributed by atoms with van der Waals surface area (Å²) in [6.45, 7) is -0.0313. The van der Waals surface area contributed by atoms with Gasteiger partial charge in [-0.1, -0.05) is 6.42 Å². The van der Waals surface area contributed by atoms with Gasteiger partial charge in [0.25, 0.3) is 11.6 Å². The van der Waals surface area contributed by atoms with Crippen LogP contribution in [0.2, 0.25) is 0 Å². The fraction of sp³-hybridized carbons (Fsp3) is 0.462. The molecule has 7 heteroatoms. The number of carbonyl (C=O) groups excluding carboxylic acids is 1. The molecule has 20 heavy (non-hydrogen) atoms. The topological polar surface area (TPSA) is 92.5 Å². The molecule has 2 N–H and O–H groups in total. The van der Waals surface area contributed by atoms with Gasteiger partial charge in [-0.05, 0) is 25.0 Å². The molecule has 2 unspecified atom stereocenters. The van der Waals surface area contributed by atoms with Crippen LogP contribution in [-0.4, -0.2) is 28.6 Å². The van der Waals surface area contributed by atoms with E-state index >= 15 is 0 Å². The molecule has 0 heterocycles. The minimum absolute atomic E-state index is 0.0292. The Morgan fingerprint density at radius 1 is 1.50 bits per heavy atom. The third kappa shape index (κ3) is 2.93. The van der Waals surface area contributed by atoms with E-state index in [1.54, 1.807) is 0 Å². The second-order valence-electron chi connectivity index (χ2n) is 4.87. The normalized spacial score (nSPS) is 21.7. The van der Waals surface area contributed by atoms with E-state index in [9.17, 15) is 24.4 Å². The first-order valence-corrected chi connectivity index (χ1v) is 6.38. The number of carbonyl (C=O) groups is 1. The molecule has 1 aliphatic carbocycles. The largest absolute Gasteiger partial charge is 0.396 e. The van der Waals surface area contributed by atoms with Crippen molar-refractivity contribution >= 4 is 11.6 Å². The Balaban J connectivity index is 2.19. The Labute approximate surface area is 114 Å². The van der Waals surface area contributed by atoms with E-state index in [4.69, 9.17) is 0 Å². The number of benzene rings is 1. The number of aliphatic hydroxyl groups excluding tert-OH is 1. The molecule has 1 amide bonds. The van der Waals surface area contributed by atoms with Crippen LogP contribution < -0.4 is 5.32 Å². The summed E-state index contributed by atoms with van der Waals surface area (Å²) >= 11 is 0. The summed E-state index contributed by atoms with van der Waals surface area (Å²) in [4.78, 5) is 22.2. The fourth-order valence-corrected chi connectivity index (χ4v) is 2.54. The van der Waals surface area contributed by atoms with E-state index in [1.807, 2.05) is 0 Å². The lowest BCUT2D eigenvalue weighted by molar-refractivity contribution is -0.385. The Bertz CT molecular complexity index is 535. The van der Waals surface area contributed by atoms with Gasteiger partial charge in [0, 0.05) is 18.6 Å². The maximum Gasteiger partial charge on any atom is 0.285 e. The average Bonchev–Trinajstić information content (AvgIpc) is 2.85. The van der Waals surface area contributed by atoms with Gasteiger partial charge in [-0.25, -0.2) is 4.39 Å². The van der Waals surface area contributed by atoms with Gasteiger partial charge in [0.05, 0.1) is 11.0 Å². The molecule has 1 aliphatic rings. The van der Waals surface area contributed by atoms with Crippen molar-refractivity contribution in [1.82, 2.24) is 5.32 Å². The van der Waals surface area contributed by atoms with E-state index in [2.05, 4.69) is 5.32 Å². The maximum atomic E-state index is 13.0. The fourth-order valence-electron chi connectivity index (χ4n) is 2.54. The lowest BCUT2D eigenvalue weighted by Gasteiger charge is -2.18. The zero-order valence-electron chi connectivity index (χ0n) is 10.7. The molecule has 0 aromatic heterocycles. The summed E-state index contributed by atoms with van der Waals surface area (Å²) in [5, 5.41) is 22.7. The lowest BCUT2D eigenvalue weighted by atomic mass is 10.0. The van der Waals surface area contributed by atoms with Crippen LogP contribution in [0, 0.1) is 21.8 Å². The molecule has 2 atom stereocenters. The van der Waals surface area contributed by atoms with E-state index in [0.29, 0.717) is 0 Å². The van der Waals surface area contributed by atoms with Crippen LogP contribution in [-0.2, 0) is 0 Å². The summed E-state index contributed by atoms with van der Waals surface area (Å²) < 4.78 is 13.0. The molecule has 108 valence electrons. The number of nitrogens with zero attached hydrogens (tertiary/aromatic N) is 1. The van der Waals surface area contributed by atoms with Crippen molar-refractivity contribution in [1.29, 1.82) is 0 Å². The Morgan fingerprint density at radius 2 is 2.25 bits per heavy atom. The smallest absolute Gasteiger partial charge is 0.285 e. The zero-order chi connectivity index (χ0) is 14.7. The summed E-state index contributed by atoms with van der Waals surface area (Å²) in [6.07, 6.45) is 2.43. The third-order valence-electron chi connectivity index (χ3n) is 3.61. The highest BCUT2D eigenvalue weighted by Crippen LogP contribution is 2.26.